The van der Waals surface area contributed by atoms with Crippen LogP contribution in [-0.4, -0.2) is 44.6 Å². The topological polar surface area (TPSA) is 66.9 Å². The van der Waals surface area contributed by atoms with E-state index in [1.807, 2.05) is 26.0 Å². The van der Waals surface area contributed by atoms with Gasteiger partial charge in [0, 0.05) is 49.9 Å². The van der Waals surface area contributed by atoms with Crippen LogP contribution < -0.4 is 9.08 Å². The lowest BCUT2D eigenvalue weighted by molar-refractivity contribution is -0.130. The van der Waals surface area contributed by atoms with E-state index in [9.17, 15) is 13.2 Å². The molecule has 1 amide bonds. The Hall–Kier alpha value is -1.76. The van der Waals surface area contributed by atoms with Gasteiger partial charge in [0.2, 0.25) is 5.91 Å². The zero-order valence-corrected chi connectivity index (χ0v) is 15.6. The minimum absolute atomic E-state index is 0.00405. The van der Waals surface area contributed by atoms with Gasteiger partial charge in [-0.15, -0.1) is 0 Å². The van der Waals surface area contributed by atoms with E-state index >= 15 is 0 Å². The molecule has 0 aliphatic heterocycles. The molecule has 0 spiro atoms. The molecule has 0 N–H and O–H groups in total. The van der Waals surface area contributed by atoms with Gasteiger partial charge in [-0.2, -0.15) is 8.42 Å². The maximum Gasteiger partial charge on any atom is 0.306 e. The standard InChI is InChI=1S/C17H26N2O4S/c1-5-18(6-2)16-8-7-14(17(11-16)23-24(4,21)22)12-19(13(3)20)15-9-10-15/h7-8,11,15H,5-6,9-10,12H2,1-4H3. The summed E-state index contributed by atoms with van der Waals surface area (Å²) in [5.74, 6) is 0.296. The summed E-state index contributed by atoms with van der Waals surface area (Å²) in [5, 5.41) is 0. The van der Waals surface area contributed by atoms with E-state index < -0.39 is 10.1 Å². The third-order valence-corrected chi connectivity index (χ3v) is 4.64. The van der Waals surface area contributed by atoms with Crippen molar-refractivity contribution >= 4 is 21.7 Å². The van der Waals surface area contributed by atoms with Gasteiger partial charge >= 0.3 is 10.1 Å². The van der Waals surface area contributed by atoms with Gasteiger partial charge in [-0.1, -0.05) is 6.07 Å². The highest BCUT2D eigenvalue weighted by molar-refractivity contribution is 7.86. The summed E-state index contributed by atoms with van der Waals surface area (Å²) in [6.07, 6.45) is 3.03. The van der Waals surface area contributed by atoms with Crippen LogP contribution in [0.1, 0.15) is 39.2 Å². The summed E-state index contributed by atoms with van der Waals surface area (Å²) in [7, 11) is -3.64. The van der Waals surface area contributed by atoms with Gasteiger partial charge in [-0.3, -0.25) is 4.79 Å². The second kappa shape index (κ2) is 7.42. The molecule has 0 atom stereocenters. The normalized spacial score (nSPS) is 14.3. The van der Waals surface area contributed by atoms with Crippen LogP contribution in [0.5, 0.6) is 5.75 Å². The van der Waals surface area contributed by atoms with Gasteiger partial charge in [0.15, 0.2) is 0 Å². The lowest BCUT2D eigenvalue weighted by Crippen LogP contribution is -2.30. The van der Waals surface area contributed by atoms with Crippen LogP contribution in [0.4, 0.5) is 5.69 Å². The first-order chi connectivity index (χ1) is 11.2. The van der Waals surface area contributed by atoms with Crippen molar-refractivity contribution in [2.24, 2.45) is 0 Å². The Morgan fingerprint density at radius 2 is 1.88 bits per heavy atom. The van der Waals surface area contributed by atoms with Crippen LogP contribution in [0, 0.1) is 0 Å². The van der Waals surface area contributed by atoms with Crippen molar-refractivity contribution in [3.05, 3.63) is 23.8 Å². The fraction of sp³-hybridized carbons (Fsp3) is 0.588. The molecule has 1 aliphatic rings. The second-order valence-corrected chi connectivity index (χ2v) is 7.70. The summed E-state index contributed by atoms with van der Waals surface area (Å²) < 4.78 is 28.4. The number of rotatable bonds is 8. The van der Waals surface area contributed by atoms with E-state index in [0.29, 0.717) is 17.9 Å². The van der Waals surface area contributed by atoms with E-state index in [1.165, 1.54) is 0 Å². The molecule has 1 fully saturated rings. The van der Waals surface area contributed by atoms with Crippen molar-refractivity contribution < 1.29 is 17.4 Å². The third-order valence-electron chi connectivity index (χ3n) is 4.15. The van der Waals surface area contributed by atoms with Gasteiger partial charge in [-0.05, 0) is 32.8 Å². The zero-order chi connectivity index (χ0) is 17.9. The Morgan fingerprint density at radius 1 is 1.25 bits per heavy atom. The molecule has 0 aromatic heterocycles. The van der Waals surface area contributed by atoms with Crippen LogP contribution in [0.25, 0.3) is 0 Å². The molecule has 134 valence electrons. The second-order valence-electron chi connectivity index (χ2n) is 6.13. The van der Waals surface area contributed by atoms with Crippen LogP contribution in [0.15, 0.2) is 18.2 Å². The Kier molecular flexibility index (Phi) is 5.74. The lowest BCUT2D eigenvalue weighted by atomic mass is 10.1. The van der Waals surface area contributed by atoms with Crippen LogP contribution >= 0.6 is 0 Å². The molecule has 0 unspecified atom stereocenters. The van der Waals surface area contributed by atoms with Crippen LogP contribution in [0.2, 0.25) is 0 Å². The number of carbonyl (C=O) groups is 1. The van der Waals surface area contributed by atoms with E-state index in [-0.39, 0.29) is 11.9 Å². The molecule has 1 aromatic rings. The average molecular weight is 354 g/mol. The number of benzene rings is 1. The molecule has 7 heteroatoms. The Morgan fingerprint density at radius 3 is 2.33 bits per heavy atom. The van der Waals surface area contributed by atoms with Crippen LogP contribution in [-0.2, 0) is 21.5 Å². The summed E-state index contributed by atoms with van der Waals surface area (Å²) in [6, 6.07) is 5.81. The smallest absolute Gasteiger partial charge is 0.306 e. The first kappa shape index (κ1) is 18.6. The number of hydrogen-bond acceptors (Lipinski definition) is 5. The molecule has 0 saturated heterocycles. The Balaban J connectivity index is 2.36. The molecule has 0 heterocycles. The van der Waals surface area contributed by atoms with Crippen molar-refractivity contribution in [2.45, 2.75) is 46.2 Å². The van der Waals surface area contributed by atoms with Gasteiger partial charge in [0.1, 0.15) is 5.75 Å². The van der Waals surface area contributed by atoms with Gasteiger partial charge < -0.3 is 14.0 Å². The van der Waals surface area contributed by atoms with E-state index in [1.54, 1.807) is 17.9 Å². The molecule has 6 nitrogen and oxygen atoms in total. The first-order valence-electron chi connectivity index (χ1n) is 8.29. The predicted octanol–water partition coefficient (Wildman–Crippen LogP) is 2.38. The fourth-order valence-electron chi connectivity index (χ4n) is 2.77. The molecule has 0 radical (unpaired) electrons. The number of amides is 1. The van der Waals surface area contributed by atoms with Crippen molar-refractivity contribution in [1.29, 1.82) is 0 Å². The molecular weight excluding hydrogens is 328 g/mol. The summed E-state index contributed by atoms with van der Waals surface area (Å²) >= 11 is 0. The lowest BCUT2D eigenvalue weighted by Gasteiger charge is -2.25. The van der Waals surface area contributed by atoms with Gasteiger partial charge in [-0.25, -0.2) is 0 Å². The van der Waals surface area contributed by atoms with Gasteiger partial charge in [0.05, 0.1) is 6.26 Å². The minimum Gasteiger partial charge on any atom is -0.382 e. The largest absolute Gasteiger partial charge is 0.382 e. The molecule has 2 rings (SSSR count). The van der Waals surface area contributed by atoms with Gasteiger partial charge in [0.25, 0.3) is 0 Å². The maximum absolute atomic E-state index is 11.9. The Bertz CT molecular complexity index is 695. The summed E-state index contributed by atoms with van der Waals surface area (Å²) in [4.78, 5) is 15.7. The monoisotopic (exact) mass is 354 g/mol. The molecule has 1 aliphatic carbocycles. The Labute approximate surface area is 144 Å². The van der Waals surface area contributed by atoms with Crippen molar-refractivity contribution in [1.82, 2.24) is 4.90 Å². The number of carbonyl (C=O) groups excluding carboxylic acids is 1. The third kappa shape index (κ3) is 4.87. The molecule has 1 saturated carbocycles. The number of anilines is 1. The summed E-state index contributed by atoms with van der Waals surface area (Å²) in [6.45, 7) is 7.62. The predicted molar refractivity (Wildman–Crippen MR) is 94.7 cm³/mol. The number of hydrogen-bond donors (Lipinski definition) is 0. The molecular formula is C17H26N2O4S. The van der Waals surface area contributed by atoms with E-state index in [2.05, 4.69) is 4.90 Å². The highest BCUT2D eigenvalue weighted by atomic mass is 32.2. The van der Waals surface area contributed by atoms with E-state index in [0.717, 1.165) is 37.9 Å². The van der Waals surface area contributed by atoms with E-state index in [4.69, 9.17) is 4.18 Å². The molecule has 24 heavy (non-hydrogen) atoms. The van der Waals surface area contributed by atoms with Crippen molar-refractivity contribution in [2.75, 3.05) is 24.2 Å². The highest BCUT2D eigenvalue weighted by Gasteiger charge is 2.31. The maximum atomic E-state index is 11.9. The average Bonchev–Trinajstić information content (AvgIpc) is 3.30. The van der Waals surface area contributed by atoms with Crippen LogP contribution in [0.3, 0.4) is 0 Å². The number of nitrogens with zero attached hydrogens (tertiary/aromatic N) is 2. The summed E-state index contributed by atoms with van der Waals surface area (Å²) in [5.41, 5.74) is 1.61. The quantitative estimate of drug-likeness (QED) is 0.671. The zero-order valence-electron chi connectivity index (χ0n) is 14.8. The minimum atomic E-state index is -3.64. The highest BCUT2D eigenvalue weighted by Crippen LogP contribution is 2.32. The molecule has 1 aromatic carbocycles. The fourth-order valence-corrected chi connectivity index (χ4v) is 3.25. The first-order valence-corrected chi connectivity index (χ1v) is 10.1. The van der Waals surface area contributed by atoms with Crippen molar-refractivity contribution in [3.63, 3.8) is 0 Å². The van der Waals surface area contributed by atoms with Crippen molar-refractivity contribution in [3.8, 4) is 5.75 Å². The molecule has 0 bridgehead atoms. The SMILES string of the molecule is CCN(CC)c1ccc(CN(C(C)=O)C2CC2)c(OS(C)(=O)=O)c1.